The highest BCUT2D eigenvalue weighted by atomic mass is 32.1. The molecule has 2 aliphatic rings. The maximum Gasteiger partial charge on any atom is 0.250 e. The summed E-state index contributed by atoms with van der Waals surface area (Å²) in [5.74, 6) is -0.0823. The highest BCUT2D eigenvalue weighted by molar-refractivity contribution is 7.03. The van der Waals surface area contributed by atoms with Crippen LogP contribution in [-0.2, 0) is 9.59 Å². The van der Waals surface area contributed by atoms with Crippen molar-refractivity contribution >= 4 is 34.9 Å². The zero-order valence-corrected chi connectivity index (χ0v) is 15.7. The van der Waals surface area contributed by atoms with Gasteiger partial charge in [0.1, 0.15) is 17.1 Å². The molecule has 4 rings (SSSR count). The van der Waals surface area contributed by atoms with Gasteiger partial charge in [-0.2, -0.15) is 4.99 Å². The van der Waals surface area contributed by atoms with Crippen LogP contribution in [0.1, 0.15) is 20.3 Å². The van der Waals surface area contributed by atoms with Gasteiger partial charge in [-0.05, 0) is 55.2 Å². The van der Waals surface area contributed by atoms with Crippen LogP contribution in [0.25, 0.3) is 11.3 Å². The second-order valence-electron chi connectivity index (χ2n) is 6.71. The fraction of sp³-hybridized carbons (Fsp3) is 0.211. The number of rotatable bonds is 3. The van der Waals surface area contributed by atoms with Crippen LogP contribution < -0.4 is 5.32 Å². The third-order valence-electron chi connectivity index (χ3n) is 4.62. The molecule has 1 N–H and O–H groups in total. The number of hydrogen-bond acceptors (Lipinski definition) is 6. The van der Waals surface area contributed by atoms with Gasteiger partial charge in [0.25, 0.3) is 11.8 Å². The summed E-state index contributed by atoms with van der Waals surface area (Å²) >= 11 is 1.27. The van der Waals surface area contributed by atoms with Gasteiger partial charge in [-0.1, -0.05) is 16.6 Å². The Bertz CT molecular complexity index is 1010. The molecule has 0 fully saturated rings. The topological polar surface area (TPSA) is 87.5 Å². The van der Waals surface area contributed by atoms with Crippen LogP contribution in [0, 0.1) is 0 Å². The number of carbonyl (C=O) groups excluding carboxylic acids is 2. The van der Waals surface area contributed by atoms with Crippen molar-refractivity contribution < 1.29 is 9.59 Å². The van der Waals surface area contributed by atoms with E-state index in [1.54, 1.807) is 30.2 Å². The number of aliphatic imine (C=N–C) groups is 1. The minimum Gasteiger partial charge on any atom is -0.324 e. The molecule has 1 atom stereocenters. The number of benzene rings is 1. The van der Waals surface area contributed by atoms with Crippen LogP contribution in [0.2, 0.25) is 0 Å². The average molecular weight is 379 g/mol. The van der Waals surface area contributed by atoms with E-state index >= 15 is 0 Å². The molecule has 1 aromatic heterocycles. The molecule has 3 heterocycles. The highest BCUT2D eigenvalue weighted by Crippen LogP contribution is 2.31. The maximum absolute atomic E-state index is 13.1. The largest absolute Gasteiger partial charge is 0.324 e. The van der Waals surface area contributed by atoms with Crippen molar-refractivity contribution in [2.24, 2.45) is 4.99 Å². The third kappa shape index (κ3) is 3.19. The number of nitrogens with zero attached hydrogens (tertiary/aromatic N) is 4. The van der Waals surface area contributed by atoms with Crippen molar-refractivity contribution in [3.8, 4) is 11.3 Å². The van der Waals surface area contributed by atoms with Gasteiger partial charge in [-0.15, -0.1) is 5.10 Å². The molecule has 0 aliphatic carbocycles. The van der Waals surface area contributed by atoms with E-state index in [0.717, 1.165) is 16.8 Å². The summed E-state index contributed by atoms with van der Waals surface area (Å²) in [6, 6.07) is 7.40. The predicted molar refractivity (Wildman–Crippen MR) is 104 cm³/mol. The number of nitrogens with one attached hydrogen (secondary N) is 1. The van der Waals surface area contributed by atoms with Crippen molar-refractivity contribution in [3.63, 3.8) is 0 Å². The Morgan fingerprint density at radius 2 is 2.22 bits per heavy atom. The lowest BCUT2D eigenvalue weighted by Gasteiger charge is -2.42. The number of amidine groups is 1. The van der Waals surface area contributed by atoms with Gasteiger partial charge >= 0.3 is 0 Å². The van der Waals surface area contributed by atoms with Gasteiger partial charge in [0.15, 0.2) is 0 Å². The van der Waals surface area contributed by atoms with E-state index in [2.05, 4.69) is 19.9 Å². The number of hydrogen-bond donors (Lipinski definition) is 1. The summed E-state index contributed by atoms with van der Waals surface area (Å²) in [5, 5.41) is 8.83. The number of fused-ring (bicyclic) bond motifs is 1. The van der Waals surface area contributed by atoms with E-state index in [9.17, 15) is 9.59 Å². The smallest absolute Gasteiger partial charge is 0.250 e. The second kappa shape index (κ2) is 6.55. The fourth-order valence-electron chi connectivity index (χ4n) is 3.14. The normalized spacial score (nSPS) is 21.4. The first-order valence-corrected chi connectivity index (χ1v) is 9.26. The van der Waals surface area contributed by atoms with E-state index < -0.39 is 5.54 Å². The summed E-state index contributed by atoms with van der Waals surface area (Å²) < 4.78 is 3.87. The van der Waals surface area contributed by atoms with Crippen molar-refractivity contribution in [3.05, 3.63) is 53.6 Å². The molecule has 136 valence electrons. The van der Waals surface area contributed by atoms with Gasteiger partial charge in [0, 0.05) is 22.8 Å². The van der Waals surface area contributed by atoms with E-state index in [-0.39, 0.29) is 18.2 Å². The minimum absolute atomic E-state index is 0.00918. The number of carbonyl (C=O) groups is 2. The molecular weight excluding hydrogens is 362 g/mol. The molecule has 0 radical (unpaired) electrons. The Labute approximate surface area is 160 Å². The SMILES string of the molecule is CC1=CC2=NC(=O)C[C@](C)(C(=O)Nc3cccc(-c4csnn4)c3)N2C=C1. The van der Waals surface area contributed by atoms with Crippen LogP contribution in [0.3, 0.4) is 0 Å². The zero-order chi connectivity index (χ0) is 19.0. The number of allylic oxidation sites excluding steroid dienone is 2. The van der Waals surface area contributed by atoms with E-state index in [1.807, 2.05) is 36.6 Å². The molecule has 2 aromatic rings. The molecule has 27 heavy (non-hydrogen) atoms. The van der Waals surface area contributed by atoms with Gasteiger partial charge in [-0.25, -0.2) is 0 Å². The lowest BCUT2D eigenvalue weighted by atomic mass is 9.90. The molecule has 0 saturated heterocycles. The zero-order valence-electron chi connectivity index (χ0n) is 14.8. The summed E-state index contributed by atoms with van der Waals surface area (Å²) in [5.41, 5.74) is 2.18. The molecule has 0 spiro atoms. The number of anilines is 1. The fourth-order valence-corrected chi connectivity index (χ4v) is 3.61. The molecule has 8 heteroatoms. The third-order valence-corrected chi connectivity index (χ3v) is 5.13. The quantitative estimate of drug-likeness (QED) is 0.886. The molecule has 0 bridgehead atoms. The van der Waals surface area contributed by atoms with Gasteiger partial charge in [0.2, 0.25) is 0 Å². The first-order valence-electron chi connectivity index (χ1n) is 8.42. The molecule has 7 nitrogen and oxygen atoms in total. The maximum atomic E-state index is 13.1. The van der Waals surface area contributed by atoms with Gasteiger partial charge < -0.3 is 10.2 Å². The van der Waals surface area contributed by atoms with Crippen molar-refractivity contribution in [2.45, 2.75) is 25.8 Å². The molecule has 1 aromatic carbocycles. The van der Waals surface area contributed by atoms with E-state index in [1.165, 1.54) is 11.5 Å². The molecular formula is C19H17N5O2S. The van der Waals surface area contributed by atoms with Crippen LogP contribution in [0.5, 0.6) is 0 Å². The predicted octanol–water partition coefficient (Wildman–Crippen LogP) is 3.01. The minimum atomic E-state index is -1.06. The van der Waals surface area contributed by atoms with Crippen molar-refractivity contribution in [1.82, 2.24) is 14.5 Å². The lowest BCUT2D eigenvalue weighted by Crippen LogP contribution is -2.58. The first kappa shape index (κ1) is 17.3. The van der Waals surface area contributed by atoms with Crippen LogP contribution in [-0.4, -0.2) is 37.7 Å². The molecule has 0 unspecified atom stereocenters. The van der Waals surface area contributed by atoms with Crippen LogP contribution in [0.15, 0.2) is 58.6 Å². The molecule has 2 aliphatic heterocycles. The van der Waals surface area contributed by atoms with Crippen molar-refractivity contribution in [1.29, 1.82) is 0 Å². The second-order valence-corrected chi connectivity index (χ2v) is 7.32. The Kier molecular flexibility index (Phi) is 4.19. The van der Waals surface area contributed by atoms with Gasteiger partial charge in [-0.3, -0.25) is 9.59 Å². The lowest BCUT2D eigenvalue weighted by molar-refractivity contribution is -0.130. The Morgan fingerprint density at radius 1 is 1.37 bits per heavy atom. The summed E-state index contributed by atoms with van der Waals surface area (Å²) in [6.45, 7) is 3.67. The molecule has 0 saturated carbocycles. The van der Waals surface area contributed by atoms with Crippen molar-refractivity contribution in [2.75, 3.05) is 5.32 Å². The monoisotopic (exact) mass is 379 g/mol. The first-order chi connectivity index (χ1) is 13.0. The Balaban J connectivity index is 1.61. The van der Waals surface area contributed by atoms with E-state index in [0.29, 0.717) is 11.5 Å². The number of aromatic nitrogens is 2. The Morgan fingerprint density at radius 3 is 3.00 bits per heavy atom. The Hall–Kier alpha value is -3.13. The van der Waals surface area contributed by atoms with Crippen LogP contribution in [0.4, 0.5) is 5.69 Å². The summed E-state index contributed by atoms with van der Waals surface area (Å²) in [6.07, 6.45) is 5.52. The molecule has 2 amide bonds. The number of amides is 2. The highest BCUT2D eigenvalue weighted by Gasteiger charge is 2.45. The summed E-state index contributed by atoms with van der Waals surface area (Å²) in [7, 11) is 0. The van der Waals surface area contributed by atoms with Gasteiger partial charge in [0.05, 0.1) is 6.42 Å². The standard InChI is InChI=1S/C19H17N5O2S/c1-12-6-7-24-16(8-12)21-17(25)10-19(24,2)18(26)20-14-5-3-4-13(9-14)15-11-27-23-22-15/h3-9,11H,10H2,1-2H3,(H,20,26)/t19-/m1/s1. The average Bonchev–Trinajstić information content (AvgIpc) is 3.16. The summed E-state index contributed by atoms with van der Waals surface area (Å²) in [4.78, 5) is 31.1. The van der Waals surface area contributed by atoms with E-state index in [4.69, 9.17) is 0 Å². The van der Waals surface area contributed by atoms with Crippen LogP contribution >= 0.6 is 11.5 Å².